The van der Waals surface area contributed by atoms with Crippen LogP contribution in [0.15, 0.2) is 12.4 Å². The van der Waals surface area contributed by atoms with E-state index in [0.29, 0.717) is 12.0 Å². The number of imidazole rings is 1. The highest BCUT2D eigenvalue weighted by atomic mass is 15.1. The van der Waals surface area contributed by atoms with Crippen molar-refractivity contribution in [1.29, 1.82) is 0 Å². The van der Waals surface area contributed by atoms with Crippen molar-refractivity contribution in [3.8, 4) is 0 Å². The van der Waals surface area contributed by atoms with Crippen LogP contribution >= 0.6 is 0 Å². The Labute approximate surface area is 297 Å². The van der Waals surface area contributed by atoms with Gasteiger partial charge in [-0.25, -0.2) is 4.98 Å². The van der Waals surface area contributed by atoms with Gasteiger partial charge in [0.2, 0.25) is 0 Å². The molecule has 0 aliphatic heterocycles. The van der Waals surface area contributed by atoms with Gasteiger partial charge in [0.25, 0.3) is 0 Å². The number of hydrogen-bond acceptors (Lipinski definition) is 1. The van der Waals surface area contributed by atoms with Crippen molar-refractivity contribution in [2.24, 2.45) is 0 Å². The SMILES string of the molecule is CCCCCCCCCCCCCCCCC(CCCCCCCCCCC)c1nccn1C(C)CCCCCCCCCCCC. The summed E-state index contributed by atoms with van der Waals surface area (Å²) in [4.78, 5) is 5.04. The Morgan fingerprint density at radius 2 is 0.681 bits per heavy atom. The molecule has 0 N–H and O–H groups in total. The first kappa shape index (κ1) is 44.2. The molecule has 0 bridgehead atoms. The minimum atomic E-state index is 0.587. The summed E-state index contributed by atoms with van der Waals surface area (Å²) in [5.74, 6) is 2.07. The maximum atomic E-state index is 5.04. The zero-order valence-corrected chi connectivity index (χ0v) is 33.2. The molecule has 1 heterocycles. The largest absolute Gasteiger partial charge is 0.332 e. The van der Waals surface area contributed by atoms with Crippen molar-refractivity contribution < 1.29 is 0 Å². The van der Waals surface area contributed by atoms with Crippen LogP contribution in [0.4, 0.5) is 0 Å². The molecule has 2 nitrogen and oxygen atoms in total. The van der Waals surface area contributed by atoms with Gasteiger partial charge in [-0.15, -0.1) is 0 Å². The molecule has 0 aromatic carbocycles. The summed E-state index contributed by atoms with van der Waals surface area (Å²) in [6.45, 7) is 9.40. The number of unbranched alkanes of at least 4 members (excludes halogenated alkanes) is 30. The van der Waals surface area contributed by atoms with Gasteiger partial charge < -0.3 is 4.57 Å². The molecule has 278 valence electrons. The van der Waals surface area contributed by atoms with E-state index >= 15 is 0 Å². The standard InChI is InChI=1S/C45H88N2/c1-5-8-11-14-17-20-22-23-24-25-28-31-34-37-40-44(39-36-33-30-26-19-16-13-10-7-3)45-46-41-42-47(45)43(4)38-35-32-29-27-21-18-15-12-9-6-2/h41-44H,5-40H2,1-4H3. The zero-order valence-electron chi connectivity index (χ0n) is 33.2. The van der Waals surface area contributed by atoms with Crippen molar-refractivity contribution in [3.05, 3.63) is 18.2 Å². The average molecular weight is 657 g/mol. The fraction of sp³-hybridized carbons (Fsp3) is 0.933. The molecule has 0 fully saturated rings. The van der Waals surface area contributed by atoms with Crippen molar-refractivity contribution in [1.82, 2.24) is 9.55 Å². The lowest BCUT2D eigenvalue weighted by Gasteiger charge is -2.22. The third-order valence-corrected chi connectivity index (χ3v) is 11.1. The Hall–Kier alpha value is -0.790. The van der Waals surface area contributed by atoms with Crippen LogP contribution in [0, 0.1) is 0 Å². The van der Waals surface area contributed by atoms with E-state index in [9.17, 15) is 0 Å². The van der Waals surface area contributed by atoms with Crippen LogP contribution in [0.3, 0.4) is 0 Å². The molecule has 0 spiro atoms. The molecular weight excluding hydrogens is 569 g/mol. The van der Waals surface area contributed by atoms with Crippen LogP contribution in [-0.4, -0.2) is 9.55 Å². The molecule has 2 unspecified atom stereocenters. The van der Waals surface area contributed by atoms with Gasteiger partial charge in [0, 0.05) is 24.4 Å². The highest BCUT2D eigenvalue weighted by molar-refractivity contribution is 5.02. The second-order valence-corrected chi connectivity index (χ2v) is 15.7. The second-order valence-electron chi connectivity index (χ2n) is 15.7. The van der Waals surface area contributed by atoms with E-state index in [0.717, 1.165) is 0 Å². The molecule has 0 saturated heterocycles. The van der Waals surface area contributed by atoms with E-state index in [1.165, 1.54) is 237 Å². The molecule has 0 saturated carbocycles. The predicted octanol–water partition coefficient (Wildman–Crippen LogP) is 16.6. The van der Waals surface area contributed by atoms with Crippen LogP contribution in [0.25, 0.3) is 0 Å². The van der Waals surface area contributed by atoms with Crippen LogP contribution in [0.2, 0.25) is 0 Å². The molecular formula is C45H88N2. The molecule has 1 aromatic heterocycles. The quantitative estimate of drug-likeness (QED) is 0.0648. The van der Waals surface area contributed by atoms with Crippen molar-refractivity contribution in [2.45, 2.75) is 271 Å². The lowest BCUT2D eigenvalue weighted by Crippen LogP contribution is -2.13. The summed E-state index contributed by atoms with van der Waals surface area (Å²) in [5, 5.41) is 0. The number of aromatic nitrogens is 2. The van der Waals surface area contributed by atoms with Crippen LogP contribution in [-0.2, 0) is 0 Å². The average Bonchev–Trinajstić information content (AvgIpc) is 3.57. The Bertz CT molecular complexity index is 723. The molecule has 0 amide bonds. The normalized spacial score (nSPS) is 13.0. The first-order valence-corrected chi connectivity index (χ1v) is 22.3. The summed E-state index contributed by atoms with van der Waals surface area (Å²) in [6, 6.07) is 0.587. The maximum absolute atomic E-state index is 5.04. The molecule has 47 heavy (non-hydrogen) atoms. The molecule has 0 aliphatic carbocycles. The third-order valence-electron chi connectivity index (χ3n) is 11.1. The monoisotopic (exact) mass is 657 g/mol. The highest BCUT2D eigenvalue weighted by Crippen LogP contribution is 2.31. The van der Waals surface area contributed by atoms with Gasteiger partial charge in [-0.1, -0.05) is 233 Å². The first-order valence-electron chi connectivity index (χ1n) is 22.3. The van der Waals surface area contributed by atoms with Crippen molar-refractivity contribution >= 4 is 0 Å². The Kier molecular flexibility index (Phi) is 33.0. The summed E-state index contributed by atoms with van der Waals surface area (Å²) in [5.41, 5.74) is 0. The fourth-order valence-corrected chi connectivity index (χ4v) is 7.77. The van der Waals surface area contributed by atoms with E-state index in [1.54, 1.807) is 0 Å². The molecule has 2 heteroatoms. The van der Waals surface area contributed by atoms with Crippen LogP contribution < -0.4 is 0 Å². The lowest BCUT2D eigenvalue weighted by atomic mass is 9.92. The highest BCUT2D eigenvalue weighted by Gasteiger charge is 2.19. The number of rotatable bonds is 38. The summed E-state index contributed by atoms with van der Waals surface area (Å²) >= 11 is 0. The molecule has 0 aliphatic rings. The molecule has 0 radical (unpaired) electrons. The van der Waals surface area contributed by atoms with Crippen molar-refractivity contribution in [3.63, 3.8) is 0 Å². The van der Waals surface area contributed by atoms with E-state index in [-0.39, 0.29) is 0 Å². The number of hydrogen-bond donors (Lipinski definition) is 0. The minimum absolute atomic E-state index is 0.587. The van der Waals surface area contributed by atoms with Crippen LogP contribution in [0.1, 0.15) is 277 Å². The van der Waals surface area contributed by atoms with Gasteiger partial charge >= 0.3 is 0 Å². The summed E-state index contributed by atoms with van der Waals surface area (Å²) in [6.07, 6.45) is 55.6. The Morgan fingerprint density at radius 1 is 0.404 bits per heavy atom. The first-order chi connectivity index (χ1) is 23.2. The summed E-state index contributed by atoms with van der Waals surface area (Å²) < 4.78 is 2.59. The second kappa shape index (κ2) is 35.1. The summed E-state index contributed by atoms with van der Waals surface area (Å²) in [7, 11) is 0. The topological polar surface area (TPSA) is 17.8 Å². The van der Waals surface area contributed by atoms with Gasteiger partial charge in [0.05, 0.1) is 0 Å². The van der Waals surface area contributed by atoms with Gasteiger partial charge in [-0.3, -0.25) is 0 Å². The van der Waals surface area contributed by atoms with Gasteiger partial charge in [-0.05, 0) is 26.2 Å². The predicted molar refractivity (Wildman–Crippen MR) is 213 cm³/mol. The van der Waals surface area contributed by atoms with Crippen molar-refractivity contribution in [2.75, 3.05) is 0 Å². The third kappa shape index (κ3) is 26.7. The Morgan fingerprint density at radius 3 is 1.00 bits per heavy atom. The van der Waals surface area contributed by atoms with Crippen LogP contribution in [0.5, 0.6) is 0 Å². The van der Waals surface area contributed by atoms with E-state index in [2.05, 4.69) is 44.7 Å². The zero-order chi connectivity index (χ0) is 33.9. The van der Waals surface area contributed by atoms with Gasteiger partial charge in [0.15, 0.2) is 0 Å². The van der Waals surface area contributed by atoms with E-state index in [4.69, 9.17) is 4.98 Å². The van der Waals surface area contributed by atoms with Gasteiger partial charge in [-0.2, -0.15) is 0 Å². The minimum Gasteiger partial charge on any atom is -0.332 e. The number of nitrogens with zero attached hydrogens (tertiary/aromatic N) is 2. The van der Waals surface area contributed by atoms with E-state index < -0.39 is 0 Å². The maximum Gasteiger partial charge on any atom is 0.111 e. The van der Waals surface area contributed by atoms with E-state index in [1.807, 2.05) is 0 Å². The lowest BCUT2D eigenvalue weighted by molar-refractivity contribution is 0.412. The van der Waals surface area contributed by atoms with Gasteiger partial charge in [0.1, 0.15) is 5.82 Å². The Balaban J connectivity index is 2.38. The smallest absolute Gasteiger partial charge is 0.111 e. The fourth-order valence-electron chi connectivity index (χ4n) is 7.77. The molecule has 2 atom stereocenters. The molecule has 1 aromatic rings. The molecule has 1 rings (SSSR count).